The van der Waals surface area contributed by atoms with Gasteiger partial charge in [-0.15, -0.1) is 0 Å². The normalized spacial score (nSPS) is 15.9. The first-order valence-electron chi connectivity index (χ1n) is 5.38. The number of nitrogens with zero attached hydrogens (tertiary/aromatic N) is 3. The SMILES string of the molecule is N#Cc1cnc(N2CCCNC(=O)C2)c(N)c1. The van der Waals surface area contributed by atoms with Crippen molar-refractivity contribution in [3.8, 4) is 6.07 Å². The van der Waals surface area contributed by atoms with E-state index in [9.17, 15) is 4.79 Å². The predicted octanol–water partition coefficient (Wildman–Crippen LogP) is -0.138. The first-order valence-corrected chi connectivity index (χ1v) is 5.38. The number of nitrogens with two attached hydrogens (primary N) is 1. The van der Waals surface area contributed by atoms with Crippen LogP contribution >= 0.6 is 0 Å². The first-order chi connectivity index (χ1) is 8.20. The Balaban J connectivity index is 2.27. The number of amides is 1. The van der Waals surface area contributed by atoms with Gasteiger partial charge >= 0.3 is 0 Å². The number of aromatic nitrogens is 1. The van der Waals surface area contributed by atoms with Gasteiger partial charge in [-0.05, 0) is 12.5 Å². The summed E-state index contributed by atoms with van der Waals surface area (Å²) in [4.78, 5) is 17.4. The minimum Gasteiger partial charge on any atom is -0.396 e. The average Bonchev–Trinajstić information content (AvgIpc) is 2.53. The fraction of sp³-hybridized carbons (Fsp3) is 0.364. The number of rotatable bonds is 1. The Kier molecular flexibility index (Phi) is 3.10. The minimum absolute atomic E-state index is 0.0342. The molecule has 1 aromatic heterocycles. The molecule has 0 aliphatic carbocycles. The number of nitrogen functional groups attached to an aromatic ring is 1. The maximum atomic E-state index is 11.4. The lowest BCUT2D eigenvalue weighted by molar-refractivity contribution is -0.119. The van der Waals surface area contributed by atoms with Crippen molar-refractivity contribution in [2.24, 2.45) is 0 Å². The third kappa shape index (κ3) is 2.45. The summed E-state index contributed by atoms with van der Waals surface area (Å²) in [6.07, 6.45) is 2.32. The zero-order chi connectivity index (χ0) is 12.3. The molecule has 0 spiro atoms. The molecule has 6 heteroatoms. The van der Waals surface area contributed by atoms with Gasteiger partial charge in [0.15, 0.2) is 5.82 Å². The van der Waals surface area contributed by atoms with E-state index in [0.717, 1.165) is 13.0 Å². The van der Waals surface area contributed by atoms with E-state index in [2.05, 4.69) is 10.3 Å². The number of carbonyl (C=O) groups excluding carboxylic acids is 1. The Morgan fingerprint density at radius 3 is 3.12 bits per heavy atom. The van der Waals surface area contributed by atoms with Crippen LogP contribution in [-0.2, 0) is 4.79 Å². The minimum atomic E-state index is -0.0342. The lowest BCUT2D eigenvalue weighted by Crippen LogP contribution is -2.33. The number of hydrogen-bond acceptors (Lipinski definition) is 5. The van der Waals surface area contributed by atoms with Gasteiger partial charge in [0.05, 0.1) is 17.8 Å². The van der Waals surface area contributed by atoms with Gasteiger partial charge in [-0.1, -0.05) is 0 Å². The zero-order valence-electron chi connectivity index (χ0n) is 9.31. The Morgan fingerprint density at radius 2 is 2.41 bits per heavy atom. The summed E-state index contributed by atoms with van der Waals surface area (Å²) in [5.74, 6) is 0.536. The van der Waals surface area contributed by atoms with Gasteiger partial charge in [0.25, 0.3) is 0 Å². The fourth-order valence-electron chi connectivity index (χ4n) is 1.79. The molecule has 1 fully saturated rings. The molecule has 17 heavy (non-hydrogen) atoms. The quantitative estimate of drug-likeness (QED) is 0.701. The van der Waals surface area contributed by atoms with Gasteiger partial charge in [0.2, 0.25) is 5.91 Å². The van der Waals surface area contributed by atoms with E-state index < -0.39 is 0 Å². The summed E-state index contributed by atoms with van der Waals surface area (Å²) < 4.78 is 0. The maximum Gasteiger partial charge on any atom is 0.239 e. The number of pyridine rings is 1. The van der Waals surface area contributed by atoms with Crippen molar-refractivity contribution in [3.63, 3.8) is 0 Å². The van der Waals surface area contributed by atoms with E-state index in [0.29, 0.717) is 23.6 Å². The standard InChI is InChI=1S/C11H13N5O/c12-5-8-4-9(13)11(15-6-8)16-3-1-2-14-10(17)7-16/h4,6H,1-3,7,13H2,(H,14,17). The van der Waals surface area contributed by atoms with Crippen LogP contribution in [0.25, 0.3) is 0 Å². The highest BCUT2D eigenvalue weighted by Gasteiger charge is 2.18. The van der Waals surface area contributed by atoms with E-state index in [1.54, 1.807) is 6.07 Å². The molecular weight excluding hydrogens is 218 g/mol. The van der Waals surface area contributed by atoms with Crippen LogP contribution in [0, 0.1) is 11.3 Å². The maximum absolute atomic E-state index is 11.4. The molecule has 2 heterocycles. The van der Waals surface area contributed by atoms with Crippen LogP contribution in [-0.4, -0.2) is 30.5 Å². The molecule has 0 radical (unpaired) electrons. The van der Waals surface area contributed by atoms with Crippen molar-refractivity contribution < 1.29 is 4.79 Å². The predicted molar refractivity (Wildman–Crippen MR) is 63.2 cm³/mol. The van der Waals surface area contributed by atoms with Crippen molar-refractivity contribution in [3.05, 3.63) is 17.8 Å². The van der Waals surface area contributed by atoms with E-state index in [-0.39, 0.29) is 12.5 Å². The molecule has 1 aromatic rings. The molecule has 2 rings (SSSR count). The molecule has 0 unspecified atom stereocenters. The van der Waals surface area contributed by atoms with Gasteiger partial charge in [-0.2, -0.15) is 5.26 Å². The van der Waals surface area contributed by atoms with Crippen molar-refractivity contribution in [2.75, 3.05) is 30.3 Å². The summed E-state index contributed by atoms with van der Waals surface area (Å²) in [7, 11) is 0. The van der Waals surface area contributed by atoms with Gasteiger partial charge in [0, 0.05) is 19.3 Å². The number of nitrogens with one attached hydrogen (secondary N) is 1. The van der Waals surface area contributed by atoms with Gasteiger partial charge in [0.1, 0.15) is 6.07 Å². The van der Waals surface area contributed by atoms with E-state index in [1.165, 1.54) is 6.20 Å². The van der Waals surface area contributed by atoms with Crippen LogP contribution in [0.4, 0.5) is 11.5 Å². The average molecular weight is 231 g/mol. The van der Waals surface area contributed by atoms with Gasteiger partial charge in [-0.25, -0.2) is 4.98 Å². The lowest BCUT2D eigenvalue weighted by Gasteiger charge is -2.21. The summed E-state index contributed by atoms with van der Waals surface area (Å²) in [5.41, 5.74) is 6.69. The van der Waals surface area contributed by atoms with Crippen LogP contribution in [0.15, 0.2) is 12.3 Å². The third-order valence-electron chi connectivity index (χ3n) is 2.59. The van der Waals surface area contributed by atoms with Crippen LogP contribution in [0.2, 0.25) is 0 Å². The number of hydrogen-bond donors (Lipinski definition) is 2. The summed E-state index contributed by atoms with van der Waals surface area (Å²) in [5, 5.41) is 11.5. The molecule has 0 bridgehead atoms. The molecule has 1 amide bonds. The molecule has 1 saturated heterocycles. The van der Waals surface area contributed by atoms with Gasteiger partial charge in [-0.3, -0.25) is 4.79 Å². The Morgan fingerprint density at radius 1 is 1.59 bits per heavy atom. The first kappa shape index (κ1) is 11.2. The number of carbonyl (C=O) groups is 1. The van der Waals surface area contributed by atoms with Crippen LogP contribution < -0.4 is 16.0 Å². The van der Waals surface area contributed by atoms with E-state index >= 15 is 0 Å². The number of anilines is 2. The van der Waals surface area contributed by atoms with Crippen LogP contribution in [0.5, 0.6) is 0 Å². The van der Waals surface area contributed by atoms with Crippen molar-refractivity contribution >= 4 is 17.4 Å². The molecule has 0 saturated carbocycles. The lowest BCUT2D eigenvalue weighted by atomic mass is 10.2. The highest BCUT2D eigenvalue weighted by atomic mass is 16.2. The van der Waals surface area contributed by atoms with Crippen molar-refractivity contribution in [2.45, 2.75) is 6.42 Å². The largest absolute Gasteiger partial charge is 0.396 e. The fourth-order valence-corrected chi connectivity index (χ4v) is 1.79. The molecule has 6 nitrogen and oxygen atoms in total. The second-order valence-electron chi connectivity index (χ2n) is 3.87. The second kappa shape index (κ2) is 4.70. The summed E-state index contributed by atoms with van der Waals surface area (Å²) in [6, 6.07) is 3.55. The topological polar surface area (TPSA) is 95.0 Å². The molecular formula is C11H13N5O. The van der Waals surface area contributed by atoms with Crippen LogP contribution in [0.1, 0.15) is 12.0 Å². The Labute approximate surface area is 99.0 Å². The zero-order valence-corrected chi connectivity index (χ0v) is 9.31. The molecule has 0 aromatic carbocycles. The van der Waals surface area contributed by atoms with Crippen molar-refractivity contribution in [1.29, 1.82) is 5.26 Å². The molecule has 0 atom stereocenters. The Bertz CT molecular complexity index is 479. The highest BCUT2D eigenvalue weighted by Crippen LogP contribution is 2.21. The van der Waals surface area contributed by atoms with E-state index in [4.69, 9.17) is 11.0 Å². The summed E-state index contributed by atoms with van der Waals surface area (Å²) in [6.45, 7) is 1.65. The smallest absolute Gasteiger partial charge is 0.239 e. The summed E-state index contributed by atoms with van der Waals surface area (Å²) >= 11 is 0. The van der Waals surface area contributed by atoms with Crippen LogP contribution in [0.3, 0.4) is 0 Å². The van der Waals surface area contributed by atoms with Gasteiger partial charge < -0.3 is 16.0 Å². The highest BCUT2D eigenvalue weighted by molar-refractivity contribution is 5.82. The van der Waals surface area contributed by atoms with E-state index in [1.807, 2.05) is 11.0 Å². The monoisotopic (exact) mass is 231 g/mol. The molecule has 3 N–H and O–H groups in total. The second-order valence-corrected chi connectivity index (χ2v) is 3.87. The number of nitriles is 1. The molecule has 1 aliphatic heterocycles. The molecule has 88 valence electrons. The molecule has 1 aliphatic rings. The van der Waals surface area contributed by atoms with Crippen molar-refractivity contribution in [1.82, 2.24) is 10.3 Å². The Hall–Kier alpha value is -2.29. The third-order valence-corrected chi connectivity index (χ3v) is 2.59.